The van der Waals surface area contributed by atoms with E-state index in [0.29, 0.717) is 27.0 Å². The Morgan fingerprint density at radius 1 is 1.27 bits per heavy atom. The smallest absolute Gasteiger partial charge is 0.230 e. The summed E-state index contributed by atoms with van der Waals surface area (Å²) in [6.45, 7) is 1.97. The zero-order valence-electron chi connectivity index (χ0n) is 11.7. The molecule has 0 spiro atoms. The van der Waals surface area contributed by atoms with Crippen LogP contribution >= 0.6 is 23.2 Å². The molecule has 0 radical (unpaired) electrons. The first-order valence-electron chi connectivity index (χ1n) is 6.63. The number of nitrogens with zero attached hydrogens (tertiary/aromatic N) is 1. The van der Waals surface area contributed by atoms with Crippen LogP contribution in [0.5, 0.6) is 0 Å². The van der Waals surface area contributed by atoms with Gasteiger partial charge in [0.1, 0.15) is 5.69 Å². The lowest BCUT2D eigenvalue weighted by atomic mass is 10.1. The number of benzene rings is 2. The second-order valence-corrected chi connectivity index (χ2v) is 5.74. The molecule has 0 aliphatic rings. The Labute approximate surface area is 137 Å². The van der Waals surface area contributed by atoms with Gasteiger partial charge in [0.15, 0.2) is 5.58 Å². The third-order valence-corrected chi connectivity index (χ3v) is 4.07. The Kier molecular flexibility index (Phi) is 4.05. The molecule has 112 valence electrons. The Balaban J connectivity index is 1.81. The third-order valence-electron chi connectivity index (χ3n) is 3.25. The molecule has 2 aromatic carbocycles. The van der Waals surface area contributed by atoms with Gasteiger partial charge in [0.05, 0.1) is 22.2 Å². The van der Waals surface area contributed by atoms with Gasteiger partial charge >= 0.3 is 0 Å². The number of amides is 1. The van der Waals surface area contributed by atoms with Crippen LogP contribution in [0.4, 0.5) is 5.69 Å². The molecule has 0 bridgehead atoms. The number of fused-ring (bicyclic) bond motifs is 1. The molecule has 22 heavy (non-hydrogen) atoms. The van der Waals surface area contributed by atoms with Gasteiger partial charge in [-0.05, 0) is 31.2 Å². The van der Waals surface area contributed by atoms with Crippen molar-refractivity contribution in [2.75, 3.05) is 5.32 Å². The standard InChI is InChI=1S/C16H12Cl2N2O2/c1-9-5-6-14-10(7-9)13(20-22-14)8-15(21)19-12-4-2-3-11(17)16(12)18/h2-7H,8H2,1H3,(H,19,21). The van der Waals surface area contributed by atoms with Gasteiger partial charge in [-0.3, -0.25) is 4.79 Å². The molecule has 1 aromatic heterocycles. The summed E-state index contributed by atoms with van der Waals surface area (Å²) in [5.41, 5.74) is 2.81. The van der Waals surface area contributed by atoms with Gasteiger partial charge in [0, 0.05) is 5.39 Å². The number of carbonyl (C=O) groups excluding carboxylic acids is 1. The summed E-state index contributed by atoms with van der Waals surface area (Å²) in [5.74, 6) is -0.235. The molecule has 1 amide bonds. The Morgan fingerprint density at radius 2 is 2.09 bits per heavy atom. The second kappa shape index (κ2) is 5.99. The fourth-order valence-electron chi connectivity index (χ4n) is 2.18. The number of carbonyl (C=O) groups is 1. The molecule has 3 rings (SSSR count). The number of rotatable bonds is 3. The summed E-state index contributed by atoms with van der Waals surface area (Å²) >= 11 is 12.0. The van der Waals surface area contributed by atoms with Crippen molar-refractivity contribution in [2.24, 2.45) is 0 Å². The largest absolute Gasteiger partial charge is 0.356 e. The van der Waals surface area contributed by atoms with Crippen molar-refractivity contribution in [1.29, 1.82) is 0 Å². The van der Waals surface area contributed by atoms with E-state index in [1.54, 1.807) is 18.2 Å². The maximum atomic E-state index is 12.2. The van der Waals surface area contributed by atoms with Crippen molar-refractivity contribution >= 4 is 45.8 Å². The highest BCUT2D eigenvalue weighted by molar-refractivity contribution is 6.44. The van der Waals surface area contributed by atoms with E-state index in [1.807, 2.05) is 25.1 Å². The number of anilines is 1. The van der Waals surface area contributed by atoms with Crippen molar-refractivity contribution in [1.82, 2.24) is 5.16 Å². The molecular weight excluding hydrogens is 323 g/mol. The molecule has 0 fully saturated rings. The average Bonchev–Trinajstić information content (AvgIpc) is 2.86. The topological polar surface area (TPSA) is 55.1 Å². The van der Waals surface area contributed by atoms with Gasteiger partial charge in [0.2, 0.25) is 5.91 Å². The van der Waals surface area contributed by atoms with E-state index in [-0.39, 0.29) is 12.3 Å². The normalized spacial score (nSPS) is 10.9. The van der Waals surface area contributed by atoms with E-state index in [9.17, 15) is 4.79 Å². The van der Waals surface area contributed by atoms with Gasteiger partial charge in [-0.25, -0.2) is 0 Å². The Bertz CT molecular complexity index is 858. The van der Waals surface area contributed by atoms with Crippen LogP contribution in [0, 0.1) is 6.92 Å². The molecule has 0 aliphatic carbocycles. The molecule has 4 nitrogen and oxygen atoms in total. The van der Waals surface area contributed by atoms with Crippen molar-refractivity contribution in [3.05, 3.63) is 57.7 Å². The van der Waals surface area contributed by atoms with Crippen LogP contribution in [0.3, 0.4) is 0 Å². The van der Waals surface area contributed by atoms with Gasteiger partial charge in [0.25, 0.3) is 0 Å². The summed E-state index contributed by atoms with van der Waals surface area (Å²) in [7, 11) is 0. The summed E-state index contributed by atoms with van der Waals surface area (Å²) in [6.07, 6.45) is 0.0965. The predicted octanol–water partition coefficient (Wildman–Crippen LogP) is 4.62. The summed E-state index contributed by atoms with van der Waals surface area (Å²) < 4.78 is 5.22. The zero-order chi connectivity index (χ0) is 15.7. The van der Waals surface area contributed by atoms with E-state index < -0.39 is 0 Å². The minimum atomic E-state index is -0.235. The van der Waals surface area contributed by atoms with Crippen molar-refractivity contribution in [3.8, 4) is 0 Å². The van der Waals surface area contributed by atoms with Gasteiger partial charge < -0.3 is 9.84 Å². The molecule has 0 unspecified atom stereocenters. The van der Waals surface area contributed by atoms with Crippen molar-refractivity contribution < 1.29 is 9.32 Å². The highest BCUT2D eigenvalue weighted by atomic mass is 35.5. The number of halogens is 2. The number of hydrogen-bond donors (Lipinski definition) is 1. The number of nitrogens with one attached hydrogen (secondary N) is 1. The minimum absolute atomic E-state index is 0.0965. The summed E-state index contributed by atoms with van der Waals surface area (Å²) in [6, 6.07) is 10.8. The van der Waals surface area contributed by atoms with Gasteiger partial charge in [-0.15, -0.1) is 0 Å². The molecule has 6 heteroatoms. The van der Waals surface area contributed by atoms with Crippen LogP contribution in [0.2, 0.25) is 10.0 Å². The maximum Gasteiger partial charge on any atom is 0.230 e. The molecule has 0 atom stereocenters. The van der Waals surface area contributed by atoms with E-state index in [2.05, 4.69) is 10.5 Å². The summed E-state index contributed by atoms with van der Waals surface area (Å²) in [5, 5.41) is 8.24. The van der Waals surface area contributed by atoms with Crippen LogP contribution in [0.15, 0.2) is 40.9 Å². The molecule has 1 heterocycles. The zero-order valence-corrected chi connectivity index (χ0v) is 13.2. The molecule has 1 N–H and O–H groups in total. The number of aryl methyl sites for hydroxylation is 1. The van der Waals surface area contributed by atoms with Crippen LogP contribution in [0.1, 0.15) is 11.3 Å². The van der Waals surface area contributed by atoms with Crippen LogP contribution in [-0.2, 0) is 11.2 Å². The first-order chi connectivity index (χ1) is 10.5. The SMILES string of the molecule is Cc1ccc2onc(CC(=O)Nc3cccc(Cl)c3Cl)c2c1. The predicted molar refractivity (Wildman–Crippen MR) is 87.5 cm³/mol. The van der Waals surface area contributed by atoms with Crippen molar-refractivity contribution in [2.45, 2.75) is 13.3 Å². The quantitative estimate of drug-likeness (QED) is 0.760. The molecule has 3 aromatic rings. The maximum absolute atomic E-state index is 12.2. The van der Waals surface area contributed by atoms with E-state index in [0.717, 1.165) is 10.9 Å². The van der Waals surface area contributed by atoms with Crippen LogP contribution < -0.4 is 5.32 Å². The van der Waals surface area contributed by atoms with Crippen LogP contribution in [0.25, 0.3) is 11.0 Å². The fraction of sp³-hybridized carbons (Fsp3) is 0.125. The Morgan fingerprint density at radius 3 is 2.91 bits per heavy atom. The second-order valence-electron chi connectivity index (χ2n) is 4.96. The van der Waals surface area contributed by atoms with Crippen LogP contribution in [-0.4, -0.2) is 11.1 Å². The number of aromatic nitrogens is 1. The highest BCUT2D eigenvalue weighted by Crippen LogP contribution is 2.29. The average molecular weight is 335 g/mol. The Hall–Kier alpha value is -2.04. The number of hydrogen-bond acceptors (Lipinski definition) is 3. The van der Waals surface area contributed by atoms with E-state index in [1.165, 1.54) is 0 Å². The molecule has 0 saturated heterocycles. The fourth-order valence-corrected chi connectivity index (χ4v) is 2.52. The lowest BCUT2D eigenvalue weighted by Crippen LogP contribution is -2.15. The molecule has 0 aliphatic heterocycles. The minimum Gasteiger partial charge on any atom is -0.356 e. The lowest BCUT2D eigenvalue weighted by Gasteiger charge is -2.07. The molecule has 0 saturated carbocycles. The van der Waals surface area contributed by atoms with Gasteiger partial charge in [-0.1, -0.05) is 46.1 Å². The highest BCUT2D eigenvalue weighted by Gasteiger charge is 2.14. The third kappa shape index (κ3) is 2.93. The monoisotopic (exact) mass is 334 g/mol. The summed E-state index contributed by atoms with van der Waals surface area (Å²) in [4.78, 5) is 12.2. The first kappa shape index (κ1) is 14.9. The lowest BCUT2D eigenvalue weighted by molar-refractivity contribution is -0.115. The van der Waals surface area contributed by atoms with Crippen molar-refractivity contribution in [3.63, 3.8) is 0 Å². The van der Waals surface area contributed by atoms with E-state index in [4.69, 9.17) is 27.7 Å². The molecular formula is C16H12Cl2N2O2. The van der Waals surface area contributed by atoms with Gasteiger partial charge in [-0.2, -0.15) is 0 Å². The van der Waals surface area contributed by atoms with E-state index >= 15 is 0 Å². The first-order valence-corrected chi connectivity index (χ1v) is 7.39.